The number of imidazole rings is 1. The van der Waals surface area contributed by atoms with Crippen LogP contribution in [0.2, 0.25) is 5.02 Å². The van der Waals surface area contributed by atoms with Crippen molar-refractivity contribution < 1.29 is 9.90 Å². The highest BCUT2D eigenvalue weighted by atomic mass is 35.5. The quantitative estimate of drug-likeness (QED) is 0.688. The summed E-state index contributed by atoms with van der Waals surface area (Å²) in [6.07, 6.45) is 0.0173. The van der Waals surface area contributed by atoms with Crippen molar-refractivity contribution in [2.45, 2.75) is 6.42 Å². The number of aliphatic carboxylic acids is 1. The van der Waals surface area contributed by atoms with Gasteiger partial charge in [0.15, 0.2) is 0 Å². The van der Waals surface area contributed by atoms with Crippen molar-refractivity contribution in [1.29, 1.82) is 0 Å². The van der Waals surface area contributed by atoms with Crippen LogP contribution in [0.25, 0.3) is 11.0 Å². The summed E-state index contributed by atoms with van der Waals surface area (Å²) in [5, 5.41) is 12.5. The zero-order chi connectivity index (χ0) is 14.8. The molecule has 0 saturated heterocycles. The predicted molar refractivity (Wildman–Crippen MR) is 82.2 cm³/mol. The van der Waals surface area contributed by atoms with E-state index in [9.17, 15) is 4.79 Å². The fourth-order valence-electron chi connectivity index (χ4n) is 2.06. The molecule has 5 nitrogen and oxygen atoms in total. The smallest absolute Gasteiger partial charge is 0.307 e. The van der Waals surface area contributed by atoms with Crippen molar-refractivity contribution >= 4 is 40.2 Å². The van der Waals surface area contributed by atoms with Crippen LogP contribution in [0.5, 0.6) is 0 Å². The molecule has 1 aromatic heterocycles. The van der Waals surface area contributed by atoms with E-state index in [2.05, 4.69) is 15.3 Å². The van der Waals surface area contributed by atoms with Crippen LogP contribution < -0.4 is 5.32 Å². The van der Waals surface area contributed by atoms with Crippen LogP contribution in [-0.4, -0.2) is 21.0 Å². The average Bonchev–Trinajstić information content (AvgIpc) is 2.82. The molecule has 1 heterocycles. The maximum atomic E-state index is 10.6. The summed E-state index contributed by atoms with van der Waals surface area (Å²) in [6, 6.07) is 12.6. The van der Waals surface area contributed by atoms with Gasteiger partial charge in [-0.15, -0.1) is 0 Å². The lowest BCUT2D eigenvalue weighted by Crippen LogP contribution is -2.00. The van der Waals surface area contributed by atoms with Crippen molar-refractivity contribution in [3.63, 3.8) is 0 Å². The molecule has 0 bridgehead atoms. The first-order valence-corrected chi connectivity index (χ1v) is 6.71. The second kappa shape index (κ2) is 5.46. The Labute approximate surface area is 125 Å². The number of anilines is 2. The van der Waals surface area contributed by atoms with E-state index in [4.69, 9.17) is 16.7 Å². The van der Waals surface area contributed by atoms with Crippen LogP contribution in [0.15, 0.2) is 42.5 Å². The molecule has 0 saturated carbocycles. The topological polar surface area (TPSA) is 78.0 Å². The number of fused-ring (bicyclic) bond motifs is 1. The molecule has 0 amide bonds. The third-order valence-electron chi connectivity index (χ3n) is 3.02. The first-order valence-electron chi connectivity index (χ1n) is 6.33. The molecule has 3 N–H and O–H groups in total. The van der Waals surface area contributed by atoms with E-state index in [-0.39, 0.29) is 6.42 Å². The van der Waals surface area contributed by atoms with Gasteiger partial charge in [0, 0.05) is 10.7 Å². The van der Waals surface area contributed by atoms with Crippen molar-refractivity contribution in [1.82, 2.24) is 9.97 Å². The number of nitrogens with zero attached hydrogens (tertiary/aromatic N) is 1. The van der Waals surface area contributed by atoms with Crippen LogP contribution in [0, 0.1) is 0 Å². The summed E-state index contributed by atoms with van der Waals surface area (Å²) >= 11 is 5.93. The second-order valence-electron chi connectivity index (χ2n) is 4.64. The highest BCUT2D eigenvalue weighted by Crippen LogP contribution is 2.21. The predicted octanol–water partition coefficient (Wildman–Crippen LogP) is 3.59. The summed E-state index contributed by atoms with van der Waals surface area (Å²) < 4.78 is 0. The SMILES string of the molecule is O=C(O)Cc1ccc(Nc2nc3ccc(Cl)cc3[nH]2)cc1. The lowest BCUT2D eigenvalue weighted by atomic mass is 10.1. The summed E-state index contributed by atoms with van der Waals surface area (Å²) in [5.74, 6) is -0.233. The van der Waals surface area contributed by atoms with Gasteiger partial charge in [0.05, 0.1) is 17.5 Å². The van der Waals surface area contributed by atoms with Crippen LogP contribution >= 0.6 is 11.6 Å². The number of hydrogen-bond acceptors (Lipinski definition) is 3. The number of aromatic nitrogens is 2. The zero-order valence-corrected chi connectivity index (χ0v) is 11.7. The number of H-pyrrole nitrogens is 1. The molecule has 0 aliphatic carbocycles. The standard InChI is InChI=1S/C15H12ClN3O2/c16-10-3-6-12-13(8-10)19-15(18-12)17-11-4-1-9(2-5-11)7-14(20)21/h1-6,8H,7H2,(H,20,21)(H2,17,18,19). The van der Waals surface area contributed by atoms with Crippen LogP contribution in [0.1, 0.15) is 5.56 Å². The Balaban J connectivity index is 1.79. The Hall–Kier alpha value is -2.53. The minimum absolute atomic E-state index is 0.0173. The molecule has 0 radical (unpaired) electrons. The highest BCUT2D eigenvalue weighted by Gasteiger charge is 2.04. The lowest BCUT2D eigenvalue weighted by Gasteiger charge is -2.03. The third-order valence-corrected chi connectivity index (χ3v) is 3.25. The van der Waals surface area contributed by atoms with Crippen LogP contribution in [0.3, 0.4) is 0 Å². The summed E-state index contributed by atoms with van der Waals surface area (Å²) in [7, 11) is 0. The Morgan fingerprint density at radius 2 is 2.00 bits per heavy atom. The molecule has 3 rings (SSSR count). The first kappa shape index (κ1) is 13.5. The summed E-state index contributed by atoms with van der Waals surface area (Å²) in [6.45, 7) is 0. The third kappa shape index (κ3) is 3.14. The van der Waals surface area contributed by atoms with Gasteiger partial charge in [-0.05, 0) is 35.9 Å². The molecule has 6 heteroatoms. The molecule has 0 atom stereocenters. The summed E-state index contributed by atoms with van der Waals surface area (Å²) in [5.41, 5.74) is 3.26. The number of rotatable bonds is 4. The number of hydrogen-bond donors (Lipinski definition) is 3. The second-order valence-corrected chi connectivity index (χ2v) is 5.08. The van der Waals surface area contributed by atoms with Gasteiger partial charge in [0.25, 0.3) is 0 Å². The first-order chi connectivity index (χ1) is 10.1. The lowest BCUT2D eigenvalue weighted by molar-refractivity contribution is -0.136. The minimum atomic E-state index is -0.843. The van der Waals surface area contributed by atoms with E-state index >= 15 is 0 Å². The van der Waals surface area contributed by atoms with Gasteiger partial charge in [-0.1, -0.05) is 23.7 Å². The molecular formula is C15H12ClN3O2. The molecule has 2 aromatic carbocycles. The van der Waals surface area contributed by atoms with Crippen molar-refractivity contribution in [3.05, 3.63) is 53.1 Å². The molecule has 0 fully saturated rings. The van der Waals surface area contributed by atoms with E-state index in [1.54, 1.807) is 18.2 Å². The molecule has 0 aliphatic rings. The number of benzene rings is 2. The van der Waals surface area contributed by atoms with Crippen molar-refractivity contribution in [2.24, 2.45) is 0 Å². The van der Waals surface area contributed by atoms with Gasteiger partial charge in [0.1, 0.15) is 0 Å². The average molecular weight is 302 g/mol. The Kier molecular flexibility index (Phi) is 3.50. The van der Waals surface area contributed by atoms with E-state index in [1.807, 2.05) is 24.3 Å². The number of carbonyl (C=O) groups is 1. The normalized spacial score (nSPS) is 10.7. The molecule has 0 spiro atoms. The van der Waals surface area contributed by atoms with Gasteiger partial charge in [-0.3, -0.25) is 4.79 Å². The van der Waals surface area contributed by atoms with Crippen LogP contribution in [0.4, 0.5) is 11.6 Å². The number of carboxylic acids is 1. The van der Waals surface area contributed by atoms with E-state index in [0.717, 1.165) is 22.3 Å². The summed E-state index contributed by atoms with van der Waals surface area (Å²) in [4.78, 5) is 18.2. The van der Waals surface area contributed by atoms with Gasteiger partial charge in [-0.2, -0.15) is 0 Å². The van der Waals surface area contributed by atoms with Gasteiger partial charge < -0.3 is 15.4 Å². The van der Waals surface area contributed by atoms with E-state index < -0.39 is 5.97 Å². The zero-order valence-electron chi connectivity index (χ0n) is 10.9. The fourth-order valence-corrected chi connectivity index (χ4v) is 2.23. The fraction of sp³-hybridized carbons (Fsp3) is 0.0667. The molecule has 106 valence electrons. The largest absolute Gasteiger partial charge is 0.481 e. The molecule has 0 aliphatic heterocycles. The number of aromatic amines is 1. The van der Waals surface area contributed by atoms with Gasteiger partial charge >= 0.3 is 5.97 Å². The van der Waals surface area contributed by atoms with Gasteiger partial charge in [0.2, 0.25) is 5.95 Å². The molecular weight excluding hydrogens is 290 g/mol. The Bertz CT molecular complexity index is 796. The number of halogens is 1. The minimum Gasteiger partial charge on any atom is -0.481 e. The van der Waals surface area contributed by atoms with E-state index in [0.29, 0.717) is 11.0 Å². The number of nitrogens with one attached hydrogen (secondary N) is 2. The van der Waals surface area contributed by atoms with Crippen LogP contribution in [-0.2, 0) is 11.2 Å². The van der Waals surface area contributed by atoms with Crippen molar-refractivity contribution in [2.75, 3.05) is 5.32 Å². The molecule has 21 heavy (non-hydrogen) atoms. The number of carboxylic acid groups (broad SMARTS) is 1. The Morgan fingerprint density at radius 3 is 2.71 bits per heavy atom. The maximum absolute atomic E-state index is 10.6. The molecule has 0 unspecified atom stereocenters. The van der Waals surface area contributed by atoms with Crippen molar-refractivity contribution in [3.8, 4) is 0 Å². The maximum Gasteiger partial charge on any atom is 0.307 e. The highest BCUT2D eigenvalue weighted by molar-refractivity contribution is 6.31. The molecule has 3 aromatic rings. The Morgan fingerprint density at radius 1 is 1.24 bits per heavy atom. The van der Waals surface area contributed by atoms with Gasteiger partial charge in [-0.25, -0.2) is 4.98 Å². The monoisotopic (exact) mass is 301 g/mol. The van der Waals surface area contributed by atoms with E-state index in [1.165, 1.54) is 0 Å².